The van der Waals surface area contributed by atoms with Gasteiger partial charge in [-0.25, -0.2) is 0 Å². The number of H-pyrrole nitrogens is 1. The Morgan fingerprint density at radius 3 is 2.54 bits per heavy atom. The van der Waals surface area contributed by atoms with Gasteiger partial charge in [-0.3, -0.25) is 4.79 Å². The number of aromatic nitrogens is 1. The van der Waals surface area contributed by atoms with Crippen LogP contribution in [0.1, 0.15) is 31.4 Å². The topological polar surface area (TPSA) is 36.1 Å². The van der Waals surface area contributed by atoms with Crippen molar-refractivity contribution in [2.45, 2.75) is 39.3 Å². The molecule has 0 saturated heterocycles. The van der Waals surface area contributed by atoms with E-state index in [0.717, 1.165) is 22.9 Å². The molecule has 0 bridgehead atoms. The number of carbonyl (C=O) groups excluding carboxylic acids is 1. The number of amides is 1. The van der Waals surface area contributed by atoms with Gasteiger partial charge in [-0.1, -0.05) is 55.5 Å². The third kappa shape index (κ3) is 3.51. The van der Waals surface area contributed by atoms with Crippen molar-refractivity contribution in [3.63, 3.8) is 0 Å². The van der Waals surface area contributed by atoms with Crippen LogP contribution in [0.2, 0.25) is 0 Å². The van der Waals surface area contributed by atoms with Crippen LogP contribution in [0, 0.1) is 0 Å². The molecule has 3 heteroatoms. The van der Waals surface area contributed by atoms with Gasteiger partial charge in [-0.15, -0.1) is 0 Å². The highest BCUT2D eigenvalue weighted by molar-refractivity contribution is 5.89. The van der Waals surface area contributed by atoms with E-state index in [1.807, 2.05) is 47.5 Å². The zero-order valence-corrected chi connectivity index (χ0v) is 14.3. The minimum Gasteiger partial charge on any atom is -0.361 e. The van der Waals surface area contributed by atoms with E-state index in [1.54, 1.807) is 0 Å². The maximum absolute atomic E-state index is 13.0. The summed E-state index contributed by atoms with van der Waals surface area (Å²) in [6, 6.07) is 18.6. The van der Waals surface area contributed by atoms with Gasteiger partial charge in [0.05, 0.1) is 6.42 Å². The number of carbonyl (C=O) groups is 1. The molecule has 0 aliphatic rings. The lowest BCUT2D eigenvalue weighted by Crippen LogP contribution is -2.38. The summed E-state index contributed by atoms with van der Waals surface area (Å²) < 4.78 is 0. The van der Waals surface area contributed by atoms with Crippen molar-refractivity contribution in [2.24, 2.45) is 0 Å². The van der Waals surface area contributed by atoms with Crippen molar-refractivity contribution < 1.29 is 4.79 Å². The molecular formula is C21H24N2O. The molecule has 2 aromatic carbocycles. The van der Waals surface area contributed by atoms with E-state index in [2.05, 4.69) is 37.0 Å². The normalized spacial score (nSPS) is 12.2. The van der Waals surface area contributed by atoms with Gasteiger partial charge in [0, 0.05) is 29.7 Å². The Hall–Kier alpha value is -2.55. The molecule has 0 aliphatic heterocycles. The molecule has 0 spiro atoms. The Morgan fingerprint density at radius 1 is 1.08 bits per heavy atom. The van der Waals surface area contributed by atoms with Crippen LogP contribution in [-0.2, 0) is 17.8 Å². The first-order valence-electron chi connectivity index (χ1n) is 8.57. The number of hydrogen-bond donors (Lipinski definition) is 1. The van der Waals surface area contributed by atoms with Gasteiger partial charge >= 0.3 is 0 Å². The highest BCUT2D eigenvalue weighted by Gasteiger charge is 2.20. The third-order valence-electron chi connectivity index (χ3n) is 4.66. The second-order valence-electron chi connectivity index (χ2n) is 6.30. The summed E-state index contributed by atoms with van der Waals surface area (Å²) >= 11 is 0. The summed E-state index contributed by atoms with van der Waals surface area (Å²) in [5.41, 5.74) is 3.32. The quantitative estimate of drug-likeness (QED) is 0.711. The minimum absolute atomic E-state index is 0.179. The van der Waals surface area contributed by atoms with Crippen molar-refractivity contribution >= 4 is 16.8 Å². The molecule has 0 radical (unpaired) electrons. The lowest BCUT2D eigenvalue weighted by Gasteiger charge is -2.29. The minimum atomic E-state index is 0.179. The van der Waals surface area contributed by atoms with Gasteiger partial charge in [-0.05, 0) is 30.5 Å². The molecule has 1 atom stereocenters. The maximum Gasteiger partial charge on any atom is 0.227 e. The molecule has 124 valence electrons. The number of aromatic amines is 1. The van der Waals surface area contributed by atoms with Gasteiger partial charge in [0.1, 0.15) is 0 Å². The van der Waals surface area contributed by atoms with Crippen LogP contribution in [0.3, 0.4) is 0 Å². The summed E-state index contributed by atoms with van der Waals surface area (Å²) in [4.78, 5) is 18.2. The summed E-state index contributed by atoms with van der Waals surface area (Å²) in [6.45, 7) is 4.91. The Bertz CT molecular complexity index is 807. The first kappa shape index (κ1) is 16.3. The van der Waals surface area contributed by atoms with Crippen LogP contribution >= 0.6 is 0 Å². The van der Waals surface area contributed by atoms with Crippen molar-refractivity contribution in [2.75, 3.05) is 0 Å². The molecule has 0 aliphatic carbocycles. The average Bonchev–Trinajstić information content (AvgIpc) is 3.03. The Balaban J connectivity index is 1.80. The van der Waals surface area contributed by atoms with Crippen molar-refractivity contribution in [3.8, 4) is 0 Å². The van der Waals surface area contributed by atoms with Gasteiger partial charge in [0.2, 0.25) is 5.91 Å². The fourth-order valence-electron chi connectivity index (χ4n) is 3.03. The van der Waals surface area contributed by atoms with Crippen LogP contribution in [0.4, 0.5) is 0 Å². The molecule has 1 amide bonds. The molecule has 1 aromatic heterocycles. The molecule has 0 saturated carbocycles. The van der Waals surface area contributed by atoms with Crippen LogP contribution in [0.5, 0.6) is 0 Å². The third-order valence-corrected chi connectivity index (χ3v) is 4.66. The lowest BCUT2D eigenvalue weighted by molar-refractivity contribution is -0.133. The zero-order chi connectivity index (χ0) is 16.9. The van der Waals surface area contributed by atoms with E-state index >= 15 is 0 Å². The molecule has 1 N–H and O–H groups in total. The number of nitrogens with one attached hydrogen (secondary N) is 1. The molecule has 0 fully saturated rings. The van der Waals surface area contributed by atoms with Gasteiger partial charge < -0.3 is 9.88 Å². The standard InChI is InChI=1S/C21H24N2O/c1-3-16(2)23(15-17-9-5-4-6-10-17)21(24)13-18-14-22-20-12-8-7-11-19(18)20/h4-12,14,16,22H,3,13,15H2,1-2H3. The predicted octanol–water partition coefficient (Wildman–Crippen LogP) is 4.54. The summed E-state index contributed by atoms with van der Waals surface area (Å²) in [7, 11) is 0. The average molecular weight is 320 g/mol. The van der Waals surface area contributed by atoms with E-state index in [-0.39, 0.29) is 11.9 Å². The number of rotatable bonds is 6. The number of fused-ring (bicyclic) bond motifs is 1. The molecule has 3 rings (SSSR count). The van der Waals surface area contributed by atoms with Crippen LogP contribution < -0.4 is 0 Å². The molecule has 1 heterocycles. The number of hydrogen-bond acceptors (Lipinski definition) is 1. The van der Waals surface area contributed by atoms with Crippen LogP contribution in [-0.4, -0.2) is 21.8 Å². The molecule has 3 nitrogen and oxygen atoms in total. The van der Waals surface area contributed by atoms with Gasteiger partial charge in [0.25, 0.3) is 0 Å². The molecule has 3 aromatic rings. The van der Waals surface area contributed by atoms with E-state index in [9.17, 15) is 4.79 Å². The monoisotopic (exact) mass is 320 g/mol. The Morgan fingerprint density at radius 2 is 1.79 bits per heavy atom. The van der Waals surface area contributed by atoms with Crippen molar-refractivity contribution in [1.82, 2.24) is 9.88 Å². The van der Waals surface area contributed by atoms with E-state index < -0.39 is 0 Å². The van der Waals surface area contributed by atoms with Crippen molar-refractivity contribution in [1.29, 1.82) is 0 Å². The molecular weight excluding hydrogens is 296 g/mol. The zero-order valence-electron chi connectivity index (χ0n) is 14.3. The lowest BCUT2D eigenvalue weighted by atomic mass is 10.1. The van der Waals surface area contributed by atoms with E-state index in [1.165, 1.54) is 5.56 Å². The maximum atomic E-state index is 13.0. The highest BCUT2D eigenvalue weighted by Crippen LogP contribution is 2.20. The fourth-order valence-corrected chi connectivity index (χ4v) is 3.03. The first-order chi connectivity index (χ1) is 11.7. The second kappa shape index (κ2) is 7.35. The number of nitrogens with zero attached hydrogens (tertiary/aromatic N) is 1. The molecule has 24 heavy (non-hydrogen) atoms. The van der Waals surface area contributed by atoms with E-state index in [0.29, 0.717) is 13.0 Å². The van der Waals surface area contributed by atoms with Gasteiger partial charge in [0.15, 0.2) is 0 Å². The number of benzene rings is 2. The van der Waals surface area contributed by atoms with E-state index in [4.69, 9.17) is 0 Å². The fraction of sp³-hybridized carbons (Fsp3) is 0.286. The Kier molecular flexibility index (Phi) is 4.99. The summed E-state index contributed by atoms with van der Waals surface area (Å²) in [5, 5.41) is 1.13. The summed E-state index contributed by atoms with van der Waals surface area (Å²) in [6.07, 6.45) is 3.34. The summed E-state index contributed by atoms with van der Waals surface area (Å²) in [5.74, 6) is 0.179. The number of para-hydroxylation sites is 1. The van der Waals surface area contributed by atoms with Crippen LogP contribution in [0.25, 0.3) is 10.9 Å². The Labute approximate surface area is 143 Å². The predicted molar refractivity (Wildman–Crippen MR) is 98.7 cm³/mol. The first-order valence-corrected chi connectivity index (χ1v) is 8.57. The molecule has 1 unspecified atom stereocenters. The smallest absolute Gasteiger partial charge is 0.227 e. The SMILES string of the molecule is CCC(C)N(Cc1ccccc1)C(=O)Cc1c[nH]c2ccccc12. The second-order valence-corrected chi connectivity index (χ2v) is 6.30. The largest absolute Gasteiger partial charge is 0.361 e. The highest BCUT2D eigenvalue weighted by atomic mass is 16.2. The van der Waals surface area contributed by atoms with Crippen LogP contribution in [0.15, 0.2) is 60.8 Å². The van der Waals surface area contributed by atoms with Gasteiger partial charge in [-0.2, -0.15) is 0 Å². The van der Waals surface area contributed by atoms with Crippen molar-refractivity contribution in [3.05, 3.63) is 71.9 Å².